The number of para-hydroxylation sites is 1. The molecule has 0 saturated carbocycles. The fourth-order valence-corrected chi connectivity index (χ4v) is 2.18. The third-order valence-electron chi connectivity index (χ3n) is 2.72. The van der Waals surface area contributed by atoms with Gasteiger partial charge in [-0.15, -0.1) is 0 Å². The average molecular weight is 329 g/mol. The minimum absolute atomic E-state index is 0.0765. The number of nitro groups is 1. The highest BCUT2D eigenvalue weighted by Gasteiger charge is 2.16. The van der Waals surface area contributed by atoms with Crippen LogP contribution in [0.5, 0.6) is 0 Å². The number of allylic oxidation sites excluding steroid dienone is 1. The van der Waals surface area contributed by atoms with Gasteiger partial charge in [0.05, 0.1) is 16.1 Å². The third kappa shape index (κ3) is 2.92. The van der Waals surface area contributed by atoms with Crippen LogP contribution in [0.2, 0.25) is 0 Å². The summed E-state index contributed by atoms with van der Waals surface area (Å²) in [6.45, 7) is 0. The molecule has 0 fully saturated rings. The topological polar surface area (TPSA) is 66.9 Å². The van der Waals surface area contributed by atoms with Gasteiger partial charge in [-0.3, -0.25) is 10.1 Å². The van der Waals surface area contributed by atoms with E-state index in [1.807, 2.05) is 30.3 Å². The normalized spacial score (nSPS) is 10.9. The number of benzene rings is 2. The van der Waals surface area contributed by atoms with E-state index < -0.39 is 4.92 Å². The Morgan fingerprint density at radius 3 is 2.50 bits per heavy atom. The number of rotatable bonds is 3. The predicted octanol–water partition coefficient (Wildman–Crippen LogP) is 4.42. The standard InChI is InChI=1S/C15H9BrN2O2/c16-14-7-3-1-5-11(14)9-12(10-17)13-6-2-4-8-15(13)18(19)20/h1-9H. The van der Waals surface area contributed by atoms with Gasteiger partial charge in [-0.25, -0.2) is 0 Å². The predicted molar refractivity (Wildman–Crippen MR) is 80.7 cm³/mol. The largest absolute Gasteiger partial charge is 0.277 e. The molecule has 0 radical (unpaired) electrons. The van der Waals surface area contributed by atoms with Crippen LogP contribution < -0.4 is 0 Å². The van der Waals surface area contributed by atoms with Crippen molar-refractivity contribution in [3.05, 3.63) is 74.2 Å². The maximum Gasteiger partial charge on any atom is 0.277 e. The van der Waals surface area contributed by atoms with E-state index in [1.165, 1.54) is 6.07 Å². The lowest BCUT2D eigenvalue weighted by Gasteiger charge is -2.02. The lowest BCUT2D eigenvalue weighted by atomic mass is 10.0. The SMILES string of the molecule is N#CC(=Cc1ccccc1Br)c1ccccc1[N+](=O)[O-]. The Labute approximate surface area is 124 Å². The average Bonchev–Trinajstić information content (AvgIpc) is 2.46. The first-order valence-corrected chi connectivity index (χ1v) is 6.53. The summed E-state index contributed by atoms with van der Waals surface area (Å²) in [7, 11) is 0. The van der Waals surface area contributed by atoms with Gasteiger partial charge < -0.3 is 0 Å². The maximum atomic E-state index is 11.0. The van der Waals surface area contributed by atoms with Crippen molar-refractivity contribution in [1.29, 1.82) is 5.26 Å². The summed E-state index contributed by atoms with van der Waals surface area (Å²) < 4.78 is 0.825. The van der Waals surface area contributed by atoms with Crippen molar-refractivity contribution in [2.45, 2.75) is 0 Å². The zero-order valence-corrected chi connectivity index (χ0v) is 11.9. The van der Waals surface area contributed by atoms with Gasteiger partial charge in [0.25, 0.3) is 5.69 Å². The molecule has 2 rings (SSSR count). The van der Waals surface area contributed by atoms with E-state index in [1.54, 1.807) is 24.3 Å². The minimum atomic E-state index is -0.486. The highest BCUT2D eigenvalue weighted by Crippen LogP contribution is 2.28. The summed E-state index contributed by atoms with van der Waals surface area (Å²) in [4.78, 5) is 10.5. The molecule has 4 nitrogen and oxygen atoms in total. The first kappa shape index (κ1) is 14.0. The van der Waals surface area contributed by atoms with Gasteiger partial charge in [0.15, 0.2) is 0 Å². The zero-order chi connectivity index (χ0) is 14.5. The van der Waals surface area contributed by atoms with Crippen molar-refractivity contribution in [2.24, 2.45) is 0 Å². The van der Waals surface area contributed by atoms with Gasteiger partial charge >= 0.3 is 0 Å². The lowest BCUT2D eigenvalue weighted by molar-refractivity contribution is -0.385. The Bertz CT molecular complexity index is 733. The molecule has 0 aliphatic carbocycles. The van der Waals surface area contributed by atoms with Gasteiger partial charge in [-0.2, -0.15) is 5.26 Å². The molecule has 0 bridgehead atoms. The summed E-state index contributed by atoms with van der Waals surface area (Å²) in [5.41, 5.74) is 1.29. The third-order valence-corrected chi connectivity index (χ3v) is 3.44. The molecule has 0 saturated heterocycles. The summed E-state index contributed by atoms with van der Waals surface area (Å²) in [5.74, 6) is 0. The Morgan fingerprint density at radius 1 is 1.20 bits per heavy atom. The number of nitriles is 1. The van der Waals surface area contributed by atoms with Crippen LogP contribution in [-0.4, -0.2) is 4.92 Å². The lowest BCUT2D eigenvalue weighted by Crippen LogP contribution is -1.94. The molecule has 98 valence electrons. The van der Waals surface area contributed by atoms with Crippen molar-refractivity contribution >= 4 is 33.3 Å². The van der Waals surface area contributed by atoms with Crippen LogP contribution in [0.15, 0.2) is 53.0 Å². The van der Waals surface area contributed by atoms with E-state index in [2.05, 4.69) is 15.9 Å². The molecule has 20 heavy (non-hydrogen) atoms. The van der Waals surface area contributed by atoms with E-state index >= 15 is 0 Å². The molecule has 2 aromatic rings. The smallest absolute Gasteiger partial charge is 0.258 e. The van der Waals surface area contributed by atoms with Crippen molar-refractivity contribution < 1.29 is 4.92 Å². The van der Waals surface area contributed by atoms with Crippen LogP contribution in [0.3, 0.4) is 0 Å². The van der Waals surface area contributed by atoms with Crippen LogP contribution in [0.4, 0.5) is 5.69 Å². The molecule has 0 heterocycles. The second kappa shape index (κ2) is 6.13. The van der Waals surface area contributed by atoms with Crippen LogP contribution in [0.1, 0.15) is 11.1 Å². The minimum Gasteiger partial charge on any atom is -0.258 e. The molecule has 0 amide bonds. The number of halogens is 1. The fourth-order valence-electron chi connectivity index (χ4n) is 1.78. The second-order valence-electron chi connectivity index (χ2n) is 3.97. The van der Waals surface area contributed by atoms with Crippen LogP contribution in [0, 0.1) is 21.4 Å². The highest BCUT2D eigenvalue weighted by atomic mass is 79.9. The number of nitro benzene ring substituents is 1. The molecule has 5 heteroatoms. The second-order valence-corrected chi connectivity index (χ2v) is 4.82. The summed E-state index contributed by atoms with van der Waals surface area (Å²) in [6.07, 6.45) is 1.63. The van der Waals surface area contributed by atoms with Gasteiger partial charge in [0, 0.05) is 10.5 Å². The van der Waals surface area contributed by atoms with E-state index in [4.69, 9.17) is 0 Å². The summed E-state index contributed by atoms with van der Waals surface area (Å²) in [5, 5.41) is 20.3. The fraction of sp³-hybridized carbons (Fsp3) is 0. The molecule has 0 aromatic heterocycles. The van der Waals surface area contributed by atoms with Gasteiger partial charge in [0.2, 0.25) is 0 Å². The first-order chi connectivity index (χ1) is 9.63. The van der Waals surface area contributed by atoms with E-state index in [-0.39, 0.29) is 11.3 Å². The molecule has 0 spiro atoms. The highest BCUT2D eigenvalue weighted by molar-refractivity contribution is 9.10. The van der Waals surface area contributed by atoms with E-state index in [0.717, 1.165) is 10.0 Å². The van der Waals surface area contributed by atoms with Gasteiger partial charge in [0.1, 0.15) is 6.07 Å². The zero-order valence-electron chi connectivity index (χ0n) is 10.3. The van der Waals surface area contributed by atoms with Crippen molar-refractivity contribution in [3.63, 3.8) is 0 Å². The number of nitrogens with zero attached hydrogens (tertiary/aromatic N) is 2. The molecule has 0 aliphatic heterocycles. The molecular weight excluding hydrogens is 320 g/mol. The molecule has 0 N–H and O–H groups in total. The van der Waals surface area contributed by atoms with Crippen molar-refractivity contribution in [3.8, 4) is 6.07 Å². The Kier molecular flexibility index (Phi) is 4.28. The van der Waals surface area contributed by atoms with Crippen LogP contribution >= 0.6 is 15.9 Å². The molecule has 2 aromatic carbocycles. The molecule has 0 atom stereocenters. The molecular formula is C15H9BrN2O2. The van der Waals surface area contributed by atoms with Gasteiger partial charge in [-0.05, 0) is 23.8 Å². The maximum absolute atomic E-state index is 11.0. The number of hydrogen-bond acceptors (Lipinski definition) is 3. The van der Waals surface area contributed by atoms with Gasteiger partial charge in [-0.1, -0.05) is 46.3 Å². The summed E-state index contributed by atoms with van der Waals surface area (Å²) in [6, 6.07) is 15.6. The molecule has 0 aliphatic rings. The van der Waals surface area contributed by atoms with Crippen LogP contribution in [-0.2, 0) is 0 Å². The Morgan fingerprint density at radius 2 is 1.85 bits per heavy atom. The Hall–Kier alpha value is -2.45. The quantitative estimate of drug-likeness (QED) is 0.362. The van der Waals surface area contributed by atoms with Crippen LogP contribution in [0.25, 0.3) is 11.6 Å². The van der Waals surface area contributed by atoms with E-state index in [9.17, 15) is 15.4 Å². The number of hydrogen-bond donors (Lipinski definition) is 0. The van der Waals surface area contributed by atoms with Crippen molar-refractivity contribution in [2.75, 3.05) is 0 Å². The first-order valence-electron chi connectivity index (χ1n) is 5.73. The summed E-state index contributed by atoms with van der Waals surface area (Å²) >= 11 is 3.39. The van der Waals surface area contributed by atoms with Crippen molar-refractivity contribution in [1.82, 2.24) is 0 Å². The Balaban J connectivity index is 2.58. The monoisotopic (exact) mass is 328 g/mol. The van der Waals surface area contributed by atoms with E-state index in [0.29, 0.717) is 5.56 Å². The molecule has 0 unspecified atom stereocenters.